The van der Waals surface area contributed by atoms with Crippen LogP contribution in [0, 0.1) is 0 Å². The number of carbonyl (C=O) groups is 1. The molecule has 8 heteroatoms. The Balaban J connectivity index is 3.18. The van der Waals surface area contributed by atoms with Crippen LogP contribution in [0.15, 0.2) is 6.33 Å². The molecule has 0 fully saturated rings. The zero-order valence-electron chi connectivity index (χ0n) is 9.12. The molecule has 0 bridgehead atoms. The zero-order valence-corrected chi connectivity index (χ0v) is 9.87. The molecule has 0 saturated carbocycles. The van der Waals surface area contributed by atoms with Crippen molar-refractivity contribution in [3.63, 3.8) is 0 Å². The molecule has 0 spiro atoms. The maximum absolute atomic E-state index is 13.1. The standard InChI is InChI=1S/C9H10ClF2N3O2/c1-15(2)7-5(6(10)13-4-14-7)3-9(11,12)8(16)17/h4H,3H2,1-2H3,(H,16,17). The van der Waals surface area contributed by atoms with Crippen molar-refractivity contribution in [2.75, 3.05) is 19.0 Å². The lowest BCUT2D eigenvalue weighted by molar-refractivity contribution is -0.164. The summed E-state index contributed by atoms with van der Waals surface area (Å²) in [6.45, 7) is 0. The van der Waals surface area contributed by atoms with Crippen molar-refractivity contribution in [2.45, 2.75) is 12.3 Å². The first-order valence-corrected chi connectivity index (χ1v) is 4.91. The minimum Gasteiger partial charge on any atom is -0.477 e. The summed E-state index contributed by atoms with van der Waals surface area (Å²) in [6.07, 6.45) is 0.0790. The number of alkyl halides is 2. The summed E-state index contributed by atoms with van der Waals surface area (Å²) >= 11 is 5.68. The second kappa shape index (κ2) is 4.79. The molecule has 5 nitrogen and oxygen atoms in total. The van der Waals surface area contributed by atoms with Gasteiger partial charge in [-0.2, -0.15) is 8.78 Å². The van der Waals surface area contributed by atoms with Crippen LogP contribution in [0.3, 0.4) is 0 Å². The molecule has 1 N–H and O–H groups in total. The Morgan fingerprint density at radius 3 is 2.59 bits per heavy atom. The van der Waals surface area contributed by atoms with Crippen molar-refractivity contribution in [3.8, 4) is 0 Å². The predicted molar refractivity (Wildman–Crippen MR) is 57.7 cm³/mol. The summed E-state index contributed by atoms with van der Waals surface area (Å²) < 4.78 is 26.2. The van der Waals surface area contributed by atoms with Crippen LogP contribution >= 0.6 is 11.6 Å². The van der Waals surface area contributed by atoms with E-state index in [2.05, 4.69) is 9.97 Å². The van der Waals surface area contributed by atoms with Crippen molar-refractivity contribution in [1.29, 1.82) is 0 Å². The first kappa shape index (κ1) is 13.6. The second-order valence-corrected chi connectivity index (χ2v) is 3.91. The summed E-state index contributed by atoms with van der Waals surface area (Å²) in [5.41, 5.74) is -0.0911. The topological polar surface area (TPSA) is 66.3 Å². The minimum absolute atomic E-state index is 0.0911. The number of anilines is 1. The fourth-order valence-electron chi connectivity index (χ4n) is 1.22. The van der Waals surface area contributed by atoms with Crippen LogP contribution in [0.25, 0.3) is 0 Å². The van der Waals surface area contributed by atoms with Gasteiger partial charge in [0.05, 0.1) is 6.42 Å². The number of nitrogens with zero attached hydrogens (tertiary/aromatic N) is 3. The van der Waals surface area contributed by atoms with Gasteiger partial charge in [0.15, 0.2) is 0 Å². The van der Waals surface area contributed by atoms with Gasteiger partial charge < -0.3 is 10.0 Å². The average Bonchev–Trinajstić information content (AvgIpc) is 2.20. The number of halogens is 3. The molecular weight excluding hydrogens is 256 g/mol. The number of aromatic nitrogens is 2. The quantitative estimate of drug-likeness (QED) is 0.835. The Morgan fingerprint density at radius 2 is 2.12 bits per heavy atom. The van der Waals surface area contributed by atoms with Gasteiger partial charge in [0.25, 0.3) is 0 Å². The summed E-state index contributed by atoms with van der Waals surface area (Å²) in [5, 5.41) is 8.20. The number of carboxylic acid groups (broad SMARTS) is 1. The van der Waals surface area contributed by atoms with E-state index in [0.29, 0.717) is 0 Å². The smallest absolute Gasteiger partial charge is 0.374 e. The van der Waals surface area contributed by atoms with Gasteiger partial charge in [-0.05, 0) is 0 Å². The van der Waals surface area contributed by atoms with Gasteiger partial charge in [0, 0.05) is 19.7 Å². The van der Waals surface area contributed by atoms with Crippen molar-refractivity contribution >= 4 is 23.4 Å². The van der Waals surface area contributed by atoms with Crippen molar-refractivity contribution in [2.24, 2.45) is 0 Å². The van der Waals surface area contributed by atoms with E-state index in [1.165, 1.54) is 4.90 Å². The third-order valence-corrected chi connectivity index (χ3v) is 2.33. The molecule has 94 valence electrons. The SMILES string of the molecule is CN(C)c1ncnc(Cl)c1CC(F)(F)C(=O)O. The number of rotatable bonds is 4. The highest BCUT2D eigenvalue weighted by Gasteiger charge is 2.40. The first-order chi connectivity index (χ1) is 7.75. The second-order valence-electron chi connectivity index (χ2n) is 3.55. The van der Waals surface area contributed by atoms with Gasteiger partial charge in [-0.25, -0.2) is 14.8 Å². The van der Waals surface area contributed by atoms with Crippen molar-refractivity contribution in [3.05, 3.63) is 17.0 Å². The maximum atomic E-state index is 13.1. The molecule has 0 radical (unpaired) electrons. The lowest BCUT2D eigenvalue weighted by Gasteiger charge is -2.18. The summed E-state index contributed by atoms with van der Waals surface area (Å²) in [6, 6.07) is 0. The molecule has 0 saturated heterocycles. The average molecular weight is 266 g/mol. The van der Waals surface area contributed by atoms with Gasteiger partial charge in [0.2, 0.25) is 0 Å². The maximum Gasteiger partial charge on any atom is 0.374 e. The lowest BCUT2D eigenvalue weighted by Crippen LogP contribution is -2.32. The van der Waals surface area contributed by atoms with Crippen LogP contribution < -0.4 is 4.90 Å². The van der Waals surface area contributed by atoms with Crippen LogP contribution in [0.2, 0.25) is 5.15 Å². The molecule has 0 aliphatic heterocycles. The van der Waals surface area contributed by atoms with Crippen molar-refractivity contribution in [1.82, 2.24) is 9.97 Å². The highest BCUT2D eigenvalue weighted by Crippen LogP contribution is 2.29. The molecule has 17 heavy (non-hydrogen) atoms. The molecule has 0 unspecified atom stereocenters. The highest BCUT2D eigenvalue weighted by molar-refractivity contribution is 6.30. The Bertz CT molecular complexity index is 440. The van der Waals surface area contributed by atoms with E-state index in [4.69, 9.17) is 16.7 Å². The van der Waals surface area contributed by atoms with Crippen LogP contribution in [-0.2, 0) is 11.2 Å². The number of hydrogen-bond donors (Lipinski definition) is 1. The van der Waals surface area contributed by atoms with Crippen LogP contribution in [0.4, 0.5) is 14.6 Å². The third kappa shape index (κ3) is 3.00. The van der Waals surface area contributed by atoms with Crippen molar-refractivity contribution < 1.29 is 18.7 Å². The van der Waals surface area contributed by atoms with Crippen LogP contribution in [0.1, 0.15) is 5.56 Å². The zero-order chi connectivity index (χ0) is 13.2. The van der Waals surface area contributed by atoms with E-state index in [-0.39, 0.29) is 16.5 Å². The molecule has 1 aromatic rings. The minimum atomic E-state index is -3.90. The Hall–Kier alpha value is -1.50. The van der Waals surface area contributed by atoms with Gasteiger partial charge in [-0.3, -0.25) is 0 Å². The summed E-state index contributed by atoms with van der Waals surface area (Å²) in [5.74, 6) is -5.94. The van der Waals surface area contributed by atoms with E-state index in [1.54, 1.807) is 14.1 Å². The van der Waals surface area contributed by atoms with E-state index in [0.717, 1.165) is 6.33 Å². The molecule has 0 amide bonds. The molecule has 0 aliphatic rings. The lowest BCUT2D eigenvalue weighted by atomic mass is 10.1. The summed E-state index contributed by atoms with van der Waals surface area (Å²) in [7, 11) is 3.17. The number of carboxylic acids is 1. The van der Waals surface area contributed by atoms with Gasteiger partial charge in [-0.1, -0.05) is 11.6 Å². The van der Waals surface area contributed by atoms with E-state index >= 15 is 0 Å². The molecule has 0 aliphatic carbocycles. The third-order valence-electron chi connectivity index (χ3n) is 2.01. The van der Waals surface area contributed by atoms with Crippen LogP contribution in [0.5, 0.6) is 0 Å². The largest absolute Gasteiger partial charge is 0.477 e. The Morgan fingerprint density at radius 1 is 1.53 bits per heavy atom. The van der Waals surface area contributed by atoms with Gasteiger partial charge in [-0.15, -0.1) is 0 Å². The Labute approximate surface area is 101 Å². The highest BCUT2D eigenvalue weighted by atomic mass is 35.5. The van der Waals surface area contributed by atoms with E-state index in [9.17, 15) is 13.6 Å². The molecule has 1 heterocycles. The van der Waals surface area contributed by atoms with E-state index in [1.807, 2.05) is 0 Å². The molecular formula is C9H10ClF2N3O2. The fourth-order valence-corrected chi connectivity index (χ4v) is 1.41. The fraction of sp³-hybridized carbons (Fsp3) is 0.444. The monoisotopic (exact) mass is 265 g/mol. The normalized spacial score (nSPS) is 11.4. The number of aliphatic carboxylic acids is 1. The van der Waals surface area contributed by atoms with Gasteiger partial charge in [0.1, 0.15) is 17.3 Å². The Kier molecular flexibility index (Phi) is 3.82. The predicted octanol–water partition coefficient (Wildman–Crippen LogP) is 1.46. The molecule has 1 rings (SSSR count). The molecule has 1 aromatic heterocycles. The molecule has 0 aromatic carbocycles. The van der Waals surface area contributed by atoms with E-state index < -0.39 is 18.3 Å². The van der Waals surface area contributed by atoms with Gasteiger partial charge >= 0.3 is 11.9 Å². The van der Waals surface area contributed by atoms with Crippen LogP contribution in [-0.4, -0.2) is 41.1 Å². The molecule has 0 atom stereocenters. The number of hydrogen-bond acceptors (Lipinski definition) is 4. The first-order valence-electron chi connectivity index (χ1n) is 4.53. The summed E-state index contributed by atoms with van der Waals surface area (Å²) in [4.78, 5) is 19.2.